The number of hydrogen-bond acceptors (Lipinski definition) is 7. The highest BCUT2D eigenvalue weighted by Gasteiger charge is 2.20. The standard InChI is InChI=1S/C37H44N6O2/c1-6-7-11-35(44)29-16-18-31(19-17-29)38-36-27(3)42(5)25-34(39-36)32-9-8-10-33(26(32)2)40-37(45)30-14-12-28(13-15-30)24-43-22-20-41(4)21-23-43/h8-10,12-19,25H,3,6-7,11,20-24H2,1-2,4-5H3,(H,38,39)(H,40,45). The number of piperazine rings is 1. The van der Waals surface area contributed by atoms with Gasteiger partial charge in [0.15, 0.2) is 11.6 Å². The molecule has 1 amide bonds. The molecule has 2 aliphatic heterocycles. The molecule has 2 aliphatic rings. The largest absolute Gasteiger partial charge is 0.346 e. The van der Waals surface area contributed by atoms with Crippen LogP contribution in [0.3, 0.4) is 0 Å². The van der Waals surface area contributed by atoms with E-state index in [-0.39, 0.29) is 11.7 Å². The smallest absolute Gasteiger partial charge is 0.255 e. The van der Waals surface area contributed by atoms with Crippen molar-refractivity contribution >= 4 is 34.6 Å². The summed E-state index contributed by atoms with van der Waals surface area (Å²) in [7, 11) is 4.09. The van der Waals surface area contributed by atoms with Crippen LogP contribution in [0.2, 0.25) is 0 Å². The normalized spacial score (nSPS) is 15.8. The molecule has 0 atom stereocenters. The average Bonchev–Trinajstić information content (AvgIpc) is 3.04. The predicted molar refractivity (Wildman–Crippen MR) is 185 cm³/mol. The van der Waals surface area contributed by atoms with Gasteiger partial charge in [-0.1, -0.05) is 44.2 Å². The minimum Gasteiger partial charge on any atom is -0.346 e. The van der Waals surface area contributed by atoms with Crippen LogP contribution in [0.15, 0.2) is 90.2 Å². The number of ketones is 1. The Hall–Kier alpha value is -4.53. The third-order valence-electron chi connectivity index (χ3n) is 8.55. The monoisotopic (exact) mass is 604 g/mol. The highest BCUT2D eigenvalue weighted by molar-refractivity contribution is 6.11. The van der Waals surface area contributed by atoms with Crippen molar-refractivity contribution in [1.29, 1.82) is 0 Å². The second-order valence-corrected chi connectivity index (χ2v) is 12.0. The van der Waals surface area contributed by atoms with Crippen molar-refractivity contribution in [2.75, 3.05) is 50.9 Å². The van der Waals surface area contributed by atoms with E-state index in [9.17, 15) is 9.59 Å². The van der Waals surface area contributed by atoms with E-state index in [0.29, 0.717) is 23.4 Å². The summed E-state index contributed by atoms with van der Waals surface area (Å²) in [6.45, 7) is 13.5. The first-order valence-electron chi connectivity index (χ1n) is 15.8. The van der Waals surface area contributed by atoms with E-state index in [4.69, 9.17) is 4.99 Å². The lowest BCUT2D eigenvalue weighted by Crippen LogP contribution is -2.43. The molecule has 0 bridgehead atoms. The van der Waals surface area contributed by atoms with Gasteiger partial charge in [0, 0.05) is 80.5 Å². The molecule has 0 unspecified atom stereocenters. The fourth-order valence-electron chi connectivity index (χ4n) is 5.50. The number of nitrogens with zero attached hydrogens (tertiary/aromatic N) is 4. The molecule has 8 nitrogen and oxygen atoms in total. The molecule has 0 aromatic heterocycles. The maximum atomic E-state index is 13.2. The van der Waals surface area contributed by atoms with Crippen molar-refractivity contribution in [3.8, 4) is 0 Å². The predicted octanol–water partition coefficient (Wildman–Crippen LogP) is 6.64. The molecule has 1 saturated heterocycles. The molecule has 0 saturated carbocycles. The van der Waals surface area contributed by atoms with E-state index in [1.165, 1.54) is 5.56 Å². The third-order valence-corrected chi connectivity index (χ3v) is 8.55. The Bertz CT molecular complexity index is 1600. The lowest BCUT2D eigenvalue weighted by atomic mass is 10.0. The van der Waals surface area contributed by atoms with Crippen LogP contribution in [0.5, 0.6) is 0 Å². The number of nitrogens with one attached hydrogen (secondary N) is 2. The number of aliphatic imine (C=N–C) groups is 1. The molecule has 2 N–H and O–H groups in total. The molecule has 1 fully saturated rings. The number of carbonyl (C=O) groups excluding carboxylic acids is 2. The molecule has 45 heavy (non-hydrogen) atoms. The highest BCUT2D eigenvalue weighted by Crippen LogP contribution is 2.30. The number of amides is 1. The van der Waals surface area contributed by atoms with Gasteiger partial charge in [-0.15, -0.1) is 0 Å². The van der Waals surface area contributed by atoms with Gasteiger partial charge >= 0.3 is 0 Å². The lowest BCUT2D eigenvalue weighted by molar-refractivity contribution is 0.0978. The van der Waals surface area contributed by atoms with Crippen molar-refractivity contribution in [1.82, 2.24) is 14.7 Å². The zero-order chi connectivity index (χ0) is 31.9. The van der Waals surface area contributed by atoms with Gasteiger partial charge in [0.2, 0.25) is 0 Å². The van der Waals surface area contributed by atoms with Gasteiger partial charge in [-0.2, -0.15) is 0 Å². The Morgan fingerprint density at radius 1 is 0.911 bits per heavy atom. The number of unbranched alkanes of at least 4 members (excludes halogenated alkanes) is 1. The number of rotatable bonds is 10. The maximum absolute atomic E-state index is 13.2. The second kappa shape index (κ2) is 14.5. The van der Waals surface area contributed by atoms with Crippen LogP contribution in [0.25, 0.3) is 5.70 Å². The van der Waals surface area contributed by atoms with Crippen molar-refractivity contribution in [3.05, 3.63) is 113 Å². The van der Waals surface area contributed by atoms with Crippen LogP contribution in [0, 0.1) is 6.92 Å². The molecule has 3 aromatic carbocycles. The molecule has 0 aliphatic carbocycles. The first kappa shape index (κ1) is 31.9. The second-order valence-electron chi connectivity index (χ2n) is 12.0. The molecule has 8 heteroatoms. The number of benzene rings is 3. The van der Waals surface area contributed by atoms with Gasteiger partial charge in [0.05, 0.1) is 11.4 Å². The van der Waals surface area contributed by atoms with E-state index in [2.05, 4.69) is 41.0 Å². The third kappa shape index (κ3) is 7.95. The van der Waals surface area contributed by atoms with Crippen molar-refractivity contribution in [2.24, 2.45) is 4.99 Å². The maximum Gasteiger partial charge on any atom is 0.255 e. The summed E-state index contributed by atoms with van der Waals surface area (Å²) in [6.07, 6.45) is 4.40. The Kier molecular flexibility index (Phi) is 10.3. The van der Waals surface area contributed by atoms with Gasteiger partial charge in [-0.25, -0.2) is 4.99 Å². The Balaban J connectivity index is 1.27. The van der Waals surface area contributed by atoms with Crippen molar-refractivity contribution < 1.29 is 9.59 Å². The first-order chi connectivity index (χ1) is 21.7. The van der Waals surface area contributed by atoms with Crippen LogP contribution in [0.4, 0.5) is 11.4 Å². The van der Waals surface area contributed by atoms with Crippen molar-refractivity contribution in [2.45, 2.75) is 39.7 Å². The van der Waals surface area contributed by atoms with E-state index < -0.39 is 0 Å². The van der Waals surface area contributed by atoms with Crippen LogP contribution in [0.1, 0.15) is 63.6 Å². The molecule has 0 spiro atoms. The topological polar surface area (TPSA) is 80.3 Å². The zero-order valence-corrected chi connectivity index (χ0v) is 26.9. The number of amidine groups is 1. The summed E-state index contributed by atoms with van der Waals surface area (Å²) in [5, 5.41) is 6.48. The minimum absolute atomic E-state index is 0.146. The molecule has 0 radical (unpaired) electrons. The summed E-state index contributed by atoms with van der Waals surface area (Å²) in [4.78, 5) is 37.3. The molecular weight excluding hydrogens is 560 g/mol. The molecule has 2 heterocycles. The first-order valence-corrected chi connectivity index (χ1v) is 15.8. The van der Waals surface area contributed by atoms with Gasteiger partial charge in [-0.3, -0.25) is 14.5 Å². The Labute approximate surface area is 267 Å². The van der Waals surface area contributed by atoms with E-state index in [0.717, 1.165) is 79.5 Å². The fraction of sp³-hybridized carbons (Fsp3) is 0.324. The molecule has 234 valence electrons. The van der Waals surface area contributed by atoms with Gasteiger partial charge in [0.1, 0.15) is 0 Å². The summed E-state index contributed by atoms with van der Waals surface area (Å²) in [5.41, 5.74) is 7.41. The lowest BCUT2D eigenvalue weighted by Gasteiger charge is -2.32. The van der Waals surface area contributed by atoms with E-state index in [1.807, 2.05) is 91.8 Å². The molecule has 5 rings (SSSR count). The number of hydrogen-bond donors (Lipinski definition) is 2. The van der Waals surface area contributed by atoms with Crippen LogP contribution >= 0.6 is 0 Å². The summed E-state index contributed by atoms with van der Waals surface area (Å²) in [6, 6.07) is 21.2. The quantitative estimate of drug-likeness (QED) is 0.253. The van der Waals surface area contributed by atoms with Gasteiger partial charge < -0.3 is 20.4 Å². The van der Waals surface area contributed by atoms with Crippen LogP contribution in [-0.4, -0.2) is 72.5 Å². The summed E-state index contributed by atoms with van der Waals surface area (Å²) < 4.78 is 0. The number of anilines is 2. The average molecular weight is 605 g/mol. The van der Waals surface area contributed by atoms with Crippen LogP contribution < -0.4 is 10.6 Å². The van der Waals surface area contributed by atoms with Crippen molar-refractivity contribution in [3.63, 3.8) is 0 Å². The zero-order valence-electron chi connectivity index (χ0n) is 26.9. The fourth-order valence-corrected chi connectivity index (χ4v) is 5.50. The molecule has 3 aromatic rings. The SMILES string of the molecule is C=C1C(Nc2ccc(C(=O)CCCC)cc2)=NC(c2cccc(NC(=O)c3ccc(CN4CCN(C)CC4)cc3)c2C)=CN1C. The van der Waals surface area contributed by atoms with E-state index >= 15 is 0 Å². The minimum atomic E-state index is -0.146. The van der Waals surface area contributed by atoms with Gasteiger partial charge in [0.25, 0.3) is 5.91 Å². The number of Topliss-reactive ketones (excluding diaryl/α,β-unsaturated/α-hetero) is 1. The summed E-state index contributed by atoms with van der Waals surface area (Å²) >= 11 is 0. The number of carbonyl (C=O) groups is 2. The van der Waals surface area contributed by atoms with Crippen LogP contribution in [-0.2, 0) is 6.54 Å². The molecular formula is C37H44N6O2. The Morgan fingerprint density at radius 3 is 2.29 bits per heavy atom. The summed E-state index contributed by atoms with van der Waals surface area (Å²) in [5.74, 6) is 0.631. The highest BCUT2D eigenvalue weighted by atomic mass is 16.1. The van der Waals surface area contributed by atoms with E-state index in [1.54, 1.807) is 0 Å². The van der Waals surface area contributed by atoms with Gasteiger partial charge in [-0.05, 0) is 74.0 Å². The number of likely N-dealkylation sites (N-methyl/N-ethyl adjacent to an activating group) is 2. The Morgan fingerprint density at radius 2 is 1.60 bits per heavy atom.